The SMILES string of the molecule is O=C(CN(C(=O)c1cnn([C@H]2CC[C@@H](C(=O)O)CC2)c1C(F)(F)F)[C@H]1CC12CCCC2)c1c(Cl)cccc1Cl. The summed E-state index contributed by atoms with van der Waals surface area (Å²) in [5.41, 5.74) is -1.94. The first-order valence-electron chi connectivity index (χ1n) is 13.1. The minimum Gasteiger partial charge on any atom is -0.481 e. The topological polar surface area (TPSA) is 92.5 Å². The second kappa shape index (κ2) is 10.4. The molecule has 5 rings (SSSR count). The van der Waals surface area contributed by atoms with Crippen LogP contribution in [0.2, 0.25) is 10.0 Å². The number of benzene rings is 1. The minimum absolute atomic E-state index is 0.0293. The van der Waals surface area contributed by atoms with Crippen LogP contribution in [0, 0.1) is 11.3 Å². The zero-order chi connectivity index (χ0) is 28.1. The second-order valence-electron chi connectivity index (χ2n) is 10.9. The van der Waals surface area contributed by atoms with E-state index in [9.17, 15) is 32.7 Å². The molecule has 39 heavy (non-hydrogen) atoms. The summed E-state index contributed by atoms with van der Waals surface area (Å²) in [6.45, 7) is -0.457. The zero-order valence-electron chi connectivity index (χ0n) is 21.0. The Morgan fingerprint density at radius 3 is 2.26 bits per heavy atom. The first kappa shape index (κ1) is 28.0. The van der Waals surface area contributed by atoms with Crippen LogP contribution in [0.15, 0.2) is 24.4 Å². The van der Waals surface area contributed by atoms with E-state index in [4.69, 9.17) is 23.2 Å². The van der Waals surface area contributed by atoms with Crippen molar-refractivity contribution in [1.29, 1.82) is 0 Å². The summed E-state index contributed by atoms with van der Waals surface area (Å²) in [6, 6.07) is 3.51. The van der Waals surface area contributed by atoms with Gasteiger partial charge in [-0.15, -0.1) is 0 Å². The van der Waals surface area contributed by atoms with Crippen molar-refractivity contribution >= 4 is 40.9 Å². The summed E-state index contributed by atoms with van der Waals surface area (Å²) < 4.78 is 44.2. The van der Waals surface area contributed by atoms with Gasteiger partial charge in [0.2, 0.25) is 0 Å². The third-order valence-electron chi connectivity index (χ3n) is 8.62. The lowest BCUT2D eigenvalue weighted by atomic mass is 9.86. The Morgan fingerprint density at radius 1 is 1.08 bits per heavy atom. The fourth-order valence-corrected chi connectivity index (χ4v) is 7.11. The van der Waals surface area contributed by atoms with Gasteiger partial charge in [-0.25, -0.2) is 0 Å². The number of Topliss-reactive ketones (excluding diaryl/α,β-unsaturated/α-hetero) is 1. The standard InChI is InChI=1S/C27H28Cl2F3N3O4/c28-18-4-3-5-19(29)22(18)20(36)14-34(21-12-26(21)10-1-2-11-26)24(37)17-13-33-35(23(17)27(30,31)32)16-8-6-15(7-9-16)25(38)39/h3-5,13,15-16,21H,1-2,6-12,14H2,(H,38,39)/t15-,16+,21-/m0/s1. The first-order valence-corrected chi connectivity index (χ1v) is 13.8. The van der Waals surface area contributed by atoms with E-state index in [0.717, 1.165) is 36.6 Å². The molecule has 0 unspecified atom stereocenters. The van der Waals surface area contributed by atoms with E-state index in [0.29, 0.717) is 6.42 Å². The van der Waals surface area contributed by atoms with Gasteiger partial charge in [0.15, 0.2) is 11.5 Å². The van der Waals surface area contributed by atoms with Gasteiger partial charge in [-0.1, -0.05) is 42.1 Å². The molecule has 0 aliphatic heterocycles. The number of amides is 1. The van der Waals surface area contributed by atoms with E-state index in [2.05, 4.69) is 5.10 Å². The van der Waals surface area contributed by atoms with Gasteiger partial charge in [0.05, 0.1) is 45.9 Å². The molecule has 12 heteroatoms. The normalized spacial score (nSPS) is 24.1. The molecule has 7 nitrogen and oxygen atoms in total. The largest absolute Gasteiger partial charge is 0.481 e. The van der Waals surface area contributed by atoms with Crippen molar-refractivity contribution in [2.75, 3.05) is 6.54 Å². The number of halogens is 5. The molecule has 3 aliphatic rings. The number of hydrogen-bond donors (Lipinski definition) is 1. The lowest BCUT2D eigenvalue weighted by Gasteiger charge is -2.29. The Kier molecular flexibility index (Phi) is 7.47. The predicted molar refractivity (Wildman–Crippen MR) is 137 cm³/mol. The molecule has 0 bridgehead atoms. The fourth-order valence-electron chi connectivity index (χ4n) is 6.51. The van der Waals surface area contributed by atoms with E-state index < -0.39 is 53.6 Å². The van der Waals surface area contributed by atoms with E-state index in [-0.39, 0.29) is 52.7 Å². The van der Waals surface area contributed by atoms with Crippen LogP contribution in [-0.4, -0.2) is 50.0 Å². The second-order valence-corrected chi connectivity index (χ2v) is 11.7. The lowest BCUT2D eigenvalue weighted by Crippen LogP contribution is -2.40. The van der Waals surface area contributed by atoms with Crippen LogP contribution in [0.4, 0.5) is 13.2 Å². The Labute approximate surface area is 233 Å². The molecule has 3 saturated carbocycles. The van der Waals surface area contributed by atoms with Gasteiger partial charge >= 0.3 is 12.1 Å². The van der Waals surface area contributed by atoms with Gasteiger partial charge in [0, 0.05) is 6.04 Å². The fraction of sp³-hybridized carbons (Fsp3) is 0.556. The van der Waals surface area contributed by atoms with E-state index in [1.165, 1.54) is 17.0 Å². The number of ketones is 1. The first-order chi connectivity index (χ1) is 18.4. The van der Waals surface area contributed by atoms with Crippen molar-refractivity contribution in [2.24, 2.45) is 11.3 Å². The Morgan fingerprint density at radius 2 is 1.69 bits per heavy atom. The molecule has 210 valence electrons. The number of carboxylic acid groups (broad SMARTS) is 1. The van der Waals surface area contributed by atoms with Gasteiger partial charge in [-0.2, -0.15) is 18.3 Å². The lowest BCUT2D eigenvalue weighted by molar-refractivity contribution is -0.147. The maximum atomic E-state index is 14.4. The summed E-state index contributed by atoms with van der Waals surface area (Å²) >= 11 is 12.4. The van der Waals surface area contributed by atoms with Crippen molar-refractivity contribution < 1.29 is 32.7 Å². The van der Waals surface area contributed by atoms with Crippen LogP contribution in [0.1, 0.15) is 90.2 Å². The highest BCUT2D eigenvalue weighted by Crippen LogP contribution is 2.60. The van der Waals surface area contributed by atoms with Crippen molar-refractivity contribution in [3.63, 3.8) is 0 Å². The van der Waals surface area contributed by atoms with Gasteiger partial charge < -0.3 is 10.0 Å². The molecular formula is C27H28Cl2F3N3O4. The Hall–Kier alpha value is -2.59. The molecule has 0 saturated heterocycles. The zero-order valence-corrected chi connectivity index (χ0v) is 22.5. The molecule has 3 aliphatic carbocycles. The number of carbonyl (C=O) groups is 3. The van der Waals surface area contributed by atoms with E-state index >= 15 is 0 Å². The summed E-state index contributed by atoms with van der Waals surface area (Å²) in [4.78, 5) is 39.8. The van der Waals surface area contributed by atoms with Gasteiger partial charge in [0.25, 0.3) is 5.91 Å². The van der Waals surface area contributed by atoms with Crippen LogP contribution in [0.3, 0.4) is 0 Å². The van der Waals surface area contributed by atoms with Crippen LogP contribution >= 0.6 is 23.2 Å². The van der Waals surface area contributed by atoms with Crippen LogP contribution in [0.25, 0.3) is 0 Å². The maximum absolute atomic E-state index is 14.4. The van der Waals surface area contributed by atoms with E-state index in [1.54, 1.807) is 6.07 Å². The number of carbonyl (C=O) groups excluding carboxylic acids is 2. The number of rotatable bonds is 7. The summed E-state index contributed by atoms with van der Waals surface area (Å²) in [6.07, 6.45) is 1.15. The Balaban J connectivity index is 1.48. The Bertz CT molecular complexity index is 1280. The summed E-state index contributed by atoms with van der Waals surface area (Å²) in [7, 11) is 0. The molecule has 1 atom stereocenters. The third kappa shape index (κ3) is 5.29. The molecule has 0 radical (unpaired) electrons. The minimum atomic E-state index is -4.89. The van der Waals surface area contributed by atoms with Crippen molar-refractivity contribution in [3.8, 4) is 0 Å². The van der Waals surface area contributed by atoms with Crippen LogP contribution in [0.5, 0.6) is 0 Å². The monoisotopic (exact) mass is 585 g/mol. The quantitative estimate of drug-likeness (QED) is 0.366. The molecule has 2 aromatic rings. The third-order valence-corrected chi connectivity index (χ3v) is 9.25. The van der Waals surface area contributed by atoms with Gasteiger partial charge in [0.1, 0.15) is 0 Å². The molecule has 1 spiro atoms. The summed E-state index contributed by atoms with van der Waals surface area (Å²) in [5.74, 6) is -3.03. The summed E-state index contributed by atoms with van der Waals surface area (Å²) in [5, 5.41) is 13.5. The number of carboxylic acids is 1. The molecule has 1 heterocycles. The number of nitrogens with zero attached hydrogens (tertiary/aromatic N) is 3. The molecule has 3 fully saturated rings. The molecule has 1 aromatic heterocycles. The predicted octanol–water partition coefficient (Wildman–Crippen LogP) is 6.68. The maximum Gasteiger partial charge on any atom is 0.433 e. The average molecular weight is 586 g/mol. The molecule has 1 amide bonds. The molecule has 1 aromatic carbocycles. The van der Waals surface area contributed by atoms with Crippen molar-refractivity contribution in [2.45, 2.75) is 76.0 Å². The number of alkyl halides is 3. The average Bonchev–Trinajstić information content (AvgIpc) is 3.19. The van der Waals surface area contributed by atoms with Crippen molar-refractivity contribution in [3.05, 3.63) is 51.3 Å². The number of aromatic nitrogens is 2. The van der Waals surface area contributed by atoms with Crippen LogP contribution < -0.4 is 0 Å². The van der Waals surface area contributed by atoms with Gasteiger partial charge in [-0.3, -0.25) is 19.1 Å². The number of hydrogen-bond acceptors (Lipinski definition) is 4. The highest BCUT2D eigenvalue weighted by Gasteiger charge is 2.59. The molecular weight excluding hydrogens is 558 g/mol. The van der Waals surface area contributed by atoms with Crippen LogP contribution in [-0.2, 0) is 11.0 Å². The number of aliphatic carboxylic acids is 1. The van der Waals surface area contributed by atoms with Crippen molar-refractivity contribution in [1.82, 2.24) is 14.7 Å². The van der Waals surface area contributed by atoms with E-state index in [1.807, 2.05) is 0 Å². The smallest absolute Gasteiger partial charge is 0.433 e. The highest BCUT2D eigenvalue weighted by atomic mass is 35.5. The van der Waals surface area contributed by atoms with Gasteiger partial charge in [-0.05, 0) is 62.5 Å². The molecule has 1 N–H and O–H groups in total. The highest BCUT2D eigenvalue weighted by molar-refractivity contribution is 6.40.